The van der Waals surface area contributed by atoms with Crippen LogP contribution >= 0.6 is 11.3 Å². The van der Waals surface area contributed by atoms with E-state index >= 15 is 0 Å². The topological polar surface area (TPSA) is 25.6 Å². The van der Waals surface area contributed by atoms with Gasteiger partial charge in [-0.1, -0.05) is 6.07 Å². The van der Waals surface area contributed by atoms with Crippen molar-refractivity contribution in [2.45, 2.75) is 31.0 Å². The van der Waals surface area contributed by atoms with E-state index in [1.165, 1.54) is 4.88 Å². The van der Waals surface area contributed by atoms with Gasteiger partial charge in [-0.05, 0) is 30.0 Å². The lowest BCUT2D eigenvalue weighted by molar-refractivity contribution is -0.138. The smallest absolute Gasteiger partial charge is 0.123 e. The number of piperidine rings is 1. The van der Waals surface area contributed by atoms with Crippen LogP contribution in [-0.2, 0) is 4.84 Å². The molecule has 0 aromatic carbocycles. The minimum absolute atomic E-state index is 0.288. The Hall–Kier alpha value is -1.10. The quantitative estimate of drug-likeness (QED) is 0.811. The van der Waals surface area contributed by atoms with Crippen molar-refractivity contribution >= 4 is 11.3 Å². The van der Waals surface area contributed by atoms with E-state index < -0.39 is 0 Å². The molecule has 2 aromatic rings. The molecular weight excluding hydrogens is 234 g/mol. The highest BCUT2D eigenvalue weighted by Crippen LogP contribution is 2.50. The second kappa shape index (κ2) is 3.70. The van der Waals surface area contributed by atoms with E-state index in [0.717, 1.165) is 18.6 Å². The van der Waals surface area contributed by atoms with Crippen molar-refractivity contribution < 1.29 is 9.25 Å². The fourth-order valence-electron chi connectivity index (χ4n) is 2.87. The van der Waals surface area contributed by atoms with Crippen LogP contribution in [0.2, 0.25) is 0 Å². The van der Waals surface area contributed by atoms with E-state index in [9.17, 15) is 0 Å². The lowest BCUT2D eigenvalue weighted by atomic mass is 9.95. The fraction of sp³-hybridized carbons (Fsp3) is 0.385. The molecule has 4 rings (SSSR count). The summed E-state index contributed by atoms with van der Waals surface area (Å²) in [4.78, 5) is 7.32. The Morgan fingerprint density at radius 1 is 1.18 bits per heavy atom. The zero-order valence-electron chi connectivity index (χ0n) is 9.28. The average Bonchev–Trinajstić information content (AvgIpc) is 3.12. The van der Waals surface area contributed by atoms with Crippen LogP contribution in [0.1, 0.15) is 35.6 Å². The second-order valence-electron chi connectivity index (χ2n) is 4.62. The van der Waals surface area contributed by atoms with Crippen LogP contribution in [-0.4, -0.2) is 11.2 Å². The molecule has 1 unspecified atom stereocenters. The second-order valence-corrected chi connectivity index (χ2v) is 5.60. The Bertz CT molecular complexity index is 449. The van der Waals surface area contributed by atoms with Crippen molar-refractivity contribution in [1.82, 2.24) is 5.06 Å². The summed E-state index contributed by atoms with van der Waals surface area (Å²) in [6.07, 6.45) is 4.26. The van der Waals surface area contributed by atoms with Gasteiger partial charge < -0.3 is 4.42 Å². The minimum atomic E-state index is 0.288. The first-order valence-electron chi connectivity index (χ1n) is 5.94. The molecule has 0 N–H and O–H groups in total. The van der Waals surface area contributed by atoms with E-state index in [0.29, 0.717) is 12.1 Å². The lowest BCUT2D eigenvalue weighted by Gasteiger charge is -2.27. The highest BCUT2D eigenvalue weighted by atomic mass is 32.1. The van der Waals surface area contributed by atoms with Crippen LogP contribution in [0.4, 0.5) is 0 Å². The van der Waals surface area contributed by atoms with Gasteiger partial charge in [-0.3, -0.25) is 4.84 Å². The molecule has 2 aliphatic rings. The molecule has 0 spiro atoms. The molecule has 0 saturated carbocycles. The maximum Gasteiger partial charge on any atom is 0.123 e. The molecule has 88 valence electrons. The van der Waals surface area contributed by atoms with Gasteiger partial charge in [-0.2, -0.15) is 5.06 Å². The minimum Gasteiger partial charge on any atom is -0.468 e. The molecule has 2 bridgehead atoms. The van der Waals surface area contributed by atoms with Crippen molar-refractivity contribution in [2.75, 3.05) is 0 Å². The van der Waals surface area contributed by atoms with Crippen LogP contribution in [0.15, 0.2) is 40.3 Å². The Balaban J connectivity index is 1.65. The van der Waals surface area contributed by atoms with Crippen molar-refractivity contribution in [3.8, 4) is 0 Å². The molecule has 2 saturated heterocycles. The highest BCUT2D eigenvalue weighted by molar-refractivity contribution is 7.10. The number of hydrogen-bond acceptors (Lipinski definition) is 4. The van der Waals surface area contributed by atoms with E-state index in [1.54, 1.807) is 17.6 Å². The third kappa shape index (κ3) is 1.48. The molecule has 0 aliphatic carbocycles. The van der Waals surface area contributed by atoms with Gasteiger partial charge in [0.25, 0.3) is 0 Å². The zero-order chi connectivity index (χ0) is 11.2. The van der Waals surface area contributed by atoms with Gasteiger partial charge in [0.05, 0.1) is 24.5 Å². The summed E-state index contributed by atoms with van der Waals surface area (Å²) >= 11 is 1.81. The number of nitrogens with zero attached hydrogens (tertiary/aromatic N) is 1. The Morgan fingerprint density at radius 2 is 2.12 bits per heavy atom. The van der Waals surface area contributed by atoms with Crippen LogP contribution in [0.5, 0.6) is 0 Å². The molecule has 2 aromatic heterocycles. The molecule has 4 heteroatoms. The summed E-state index contributed by atoms with van der Waals surface area (Å²) in [6, 6.07) is 8.98. The zero-order valence-corrected chi connectivity index (χ0v) is 10.1. The monoisotopic (exact) mass is 247 g/mol. The fourth-order valence-corrected chi connectivity index (χ4v) is 3.70. The maximum atomic E-state index is 5.93. The van der Waals surface area contributed by atoms with Gasteiger partial charge in [-0.25, -0.2) is 0 Å². The van der Waals surface area contributed by atoms with E-state index in [2.05, 4.69) is 22.6 Å². The van der Waals surface area contributed by atoms with Gasteiger partial charge in [0, 0.05) is 11.3 Å². The Kier molecular flexibility index (Phi) is 2.15. The first kappa shape index (κ1) is 9.88. The number of hydroxylamine groups is 2. The number of fused-ring (bicyclic) bond motifs is 2. The molecule has 0 amide bonds. The number of hydrogen-bond donors (Lipinski definition) is 0. The molecule has 4 atom stereocenters. The van der Waals surface area contributed by atoms with Gasteiger partial charge in [0.2, 0.25) is 0 Å². The van der Waals surface area contributed by atoms with Crippen molar-refractivity contribution in [3.05, 3.63) is 46.5 Å². The Morgan fingerprint density at radius 3 is 2.82 bits per heavy atom. The number of thiophene rings is 1. The summed E-state index contributed by atoms with van der Waals surface area (Å²) in [5, 5.41) is 4.26. The SMILES string of the molecule is c1coc([C@@H]2C[C@@H]3C[C@H](c4cccs4)N2O3)c1. The Labute approximate surface area is 104 Å². The van der Waals surface area contributed by atoms with Gasteiger partial charge in [-0.15, -0.1) is 11.3 Å². The first-order chi connectivity index (χ1) is 8.42. The summed E-state index contributed by atoms with van der Waals surface area (Å²) in [7, 11) is 0. The van der Waals surface area contributed by atoms with Crippen molar-refractivity contribution in [3.63, 3.8) is 0 Å². The van der Waals surface area contributed by atoms with Crippen LogP contribution in [0.3, 0.4) is 0 Å². The largest absolute Gasteiger partial charge is 0.468 e. The molecule has 0 radical (unpaired) electrons. The van der Waals surface area contributed by atoms with Crippen LogP contribution < -0.4 is 0 Å². The summed E-state index contributed by atoms with van der Waals surface area (Å²) in [5.41, 5.74) is 0. The summed E-state index contributed by atoms with van der Waals surface area (Å²) < 4.78 is 5.52. The first-order valence-corrected chi connectivity index (χ1v) is 6.82. The standard InChI is InChI=1S/C13H13NO2S/c1-3-12(15-5-1)10-7-9-8-11(14(10)16-9)13-4-2-6-17-13/h1-6,9-11H,7-8H2/t9-,10+,11-/m1/s1. The summed E-state index contributed by atoms with van der Waals surface area (Å²) in [5.74, 6) is 1.02. The maximum absolute atomic E-state index is 5.93. The molecular formula is C13H13NO2S. The lowest BCUT2D eigenvalue weighted by Crippen LogP contribution is -2.25. The molecule has 2 fully saturated rings. The highest BCUT2D eigenvalue weighted by Gasteiger charge is 2.48. The van der Waals surface area contributed by atoms with Crippen molar-refractivity contribution in [2.24, 2.45) is 0 Å². The van der Waals surface area contributed by atoms with E-state index in [-0.39, 0.29) is 6.04 Å². The third-order valence-corrected chi connectivity index (χ3v) is 4.57. The summed E-state index contributed by atoms with van der Waals surface area (Å²) in [6.45, 7) is 0. The molecule has 17 heavy (non-hydrogen) atoms. The average molecular weight is 247 g/mol. The number of furan rings is 1. The number of rotatable bonds is 2. The van der Waals surface area contributed by atoms with Crippen LogP contribution in [0, 0.1) is 0 Å². The van der Waals surface area contributed by atoms with Gasteiger partial charge >= 0.3 is 0 Å². The van der Waals surface area contributed by atoms with Crippen LogP contribution in [0.25, 0.3) is 0 Å². The van der Waals surface area contributed by atoms with Gasteiger partial charge in [0.1, 0.15) is 5.76 Å². The normalized spacial score (nSPS) is 35.5. The van der Waals surface area contributed by atoms with Crippen molar-refractivity contribution in [1.29, 1.82) is 0 Å². The predicted molar refractivity (Wildman–Crippen MR) is 64.5 cm³/mol. The molecule has 3 nitrogen and oxygen atoms in total. The van der Waals surface area contributed by atoms with E-state index in [4.69, 9.17) is 9.25 Å². The van der Waals surface area contributed by atoms with Gasteiger partial charge in [0.15, 0.2) is 0 Å². The molecule has 2 aliphatic heterocycles. The van der Waals surface area contributed by atoms with E-state index in [1.807, 2.05) is 12.1 Å². The third-order valence-electron chi connectivity index (χ3n) is 3.60. The predicted octanol–water partition coefficient (Wildman–Crippen LogP) is 3.53. The molecule has 4 heterocycles.